The first kappa shape index (κ1) is 20.7. The standard InChI is InChI=1S/C23H32N4O3/c1-16-11-22(2,3)15-23(12-16)20(29)27(21(30)24-23)14-19(28)26-10-9-25(4)18-8-6-5-7-17(18)13-26/h5-8,16H,9-15H2,1-4H3,(H,24,30). The fourth-order valence-corrected chi connectivity index (χ4v) is 5.79. The first-order valence-corrected chi connectivity index (χ1v) is 10.8. The molecule has 2 fully saturated rings. The molecule has 0 bridgehead atoms. The van der Waals surface area contributed by atoms with E-state index in [1.165, 1.54) is 0 Å². The van der Waals surface area contributed by atoms with Gasteiger partial charge in [0.15, 0.2) is 0 Å². The van der Waals surface area contributed by atoms with Crippen LogP contribution in [-0.2, 0) is 16.1 Å². The van der Waals surface area contributed by atoms with Gasteiger partial charge < -0.3 is 15.1 Å². The minimum absolute atomic E-state index is 0.0281. The van der Waals surface area contributed by atoms with Crippen LogP contribution in [0.5, 0.6) is 0 Å². The zero-order valence-corrected chi connectivity index (χ0v) is 18.4. The summed E-state index contributed by atoms with van der Waals surface area (Å²) in [7, 11) is 2.01. The van der Waals surface area contributed by atoms with Gasteiger partial charge in [-0.15, -0.1) is 0 Å². The second-order valence-corrected chi connectivity index (χ2v) is 10.1. The number of urea groups is 1. The molecule has 7 heteroatoms. The summed E-state index contributed by atoms with van der Waals surface area (Å²) in [6.07, 6.45) is 2.27. The Kier molecular flexibility index (Phi) is 5.03. The first-order chi connectivity index (χ1) is 14.1. The SMILES string of the molecule is CC1CC(C)(C)CC2(C1)NC(=O)N(CC(=O)N1CCN(C)c3ccccc3C1)C2=O. The van der Waals surface area contributed by atoms with E-state index in [1.807, 2.05) is 25.2 Å². The molecule has 2 aliphatic heterocycles. The van der Waals surface area contributed by atoms with E-state index >= 15 is 0 Å². The van der Waals surface area contributed by atoms with Crippen molar-refractivity contribution >= 4 is 23.5 Å². The fourth-order valence-electron chi connectivity index (χ4n) is 5.79. The number of likely N-dealkylation sites (N-methyl/N-ethyl adjacent to an activating group) is 1. The summed E-state index contributed by atoms with van der Waals surface area (Å²) in [5.74, 6) is -0.0946. The Bertz CT molecular complexity index is 883. The number of hydrogen-bond donors (Lipinski definition) is 1. The number of anilines is 1. The van der Waals surface area contributed by atoms with Gasteiger partial charge in [0.25, 0.3) is 5.91 Å². The highest BCUT2D eigenvalue weighted by Crippen LogP contribution is 2.46. The Morgan fingerprint density at radius 2 is 1.90 bits per heavy atom. The molecule has 4 rings (SSSR count). The number of amides is 4. The van der Waals surface area contributed by atoms with Crippen LogP contribution in [0.3, 0.4) is 0 Å². The maximum atomic E-state index is 13.3. The number of carbonyl (C=O) groups is 3. The summed E-state index contributed by atoms with van der Waals surface area (Å²) >= 11 is 0. The predicted octanol–water partition coefficient (Wildman–Crippen LogP) is 2.60. The van der Waals surface area contributed by atoms with E-state index in [-0.39, 0.29) is 23.8 Å². The normalized spacial score (nSPS) is 28.4. The topological polar surface area (TPSA) is 73.0 Å². The lowest BCUT2D eigenvalue weighted by Crippen LogP contribution is -2.54. The van der Waals surface area contributed by atoms with Crippen molar-refractivity contribution in [3.8, 4) is 0 Å². The molecule has 0 radical (unpaired) electrons. The molecule has 2 heterocycles. The molecule has 1 saturated carbocycles. The van der Waals surface area contributed by atoms with Crippen LogP contribution >= 0.6 is 0 Å². The van der Waals surface area contributed by atoms with Crippen LogP contribution in [0, 0.1) is 11.3 Å². The summed E-state index contributed by atoms with van der Waals surface area (Å²) in [4.78, 5) is 44.2. The van der Waals surface area contributed by atoms with E-state index in [1.54, 1.807) is 4.90 Å². The lowest BCUT2D eigenvalue weighted by molar-refractivity contribution is -0.141. The van der Waals surface area contributed by atoms with E-state index in [0.29, 0.717) is 38.4 Å². The third-order valence-electron chi connectivity index (χ3n) is 6.74. The van der Waals surface area contributed by atoms with Crippen LogP contribution in [-0.4, -0.2) is 59.9 Å². The maximum Gasteiger partial charge on any atom is 0.325 e. The molecule has 2 unspecified atom stereocenters. The van der Waals surface area contributed by atoms with Crippen molar-refractivity contribution in [2.75, 3.05) is 31.6 Å². The molecular weight excluding hydrogens is 380 g/mol. The van der Waals surface area contributed by atoms with Crippen molar-refractivity contribution in [2.24, 2.45) is 11.3 Å². The van der Waals surface area contributed by atoms with Gasteiger partial charge in [-0.2, -0.15) is 0 Å². The Labute approximate surface area is 178 Å². The molecule has 2 atom stereocenters. The molecule has 7 nitrogen and oxygen atoms in total. The third-order valence-corrected chi connectivity index (χ3v) is 6.74. The number of carbonyl (C=O) groups excluding carboxylic acids is 3. The second kappa shape index (κ2) is 7.29. The fraction of sp³-hybridized carbons (Fsp3) is 0.609. The summed E-state index contributed by atoms with van der Waals surface area (Å²) in [6.45, 7) is 7.96. The minimum Gasteiger partial charge on any atom is -0.373 e. The number of hydrogen-bond acceptors (Lipinski definition) is 4. The molecule has 4 amide bonds. The second-order valence-electron chi connectivity index (χ2n) is 10.1. The van der Waals surface area contributed by atoms with Crippen LogP contribution in [0.4, 0.5) is 10.5 Å². The van der Waals surface area contributed by atoms with Gasteiger partial charge in [-0.05, 0) is 42.2 Å². The number of nitrogens with one attached hydrogen (secondary N) is 1. The quantitative estimate of drug-likeness (QED) is 0.758. The third kappa shape index (κ3) is 3.66. The van der Waals surface area contributed by atoms with Crippen molar-refractivity contribution in [3.05, 3.63) is 29.8 Å². The van der Waals surface area contributed by atoms with E-state index in [9.17, 15) is 14.4 Å². The van der Waals surface area contributed by atoms with Crippen LogP contribution in [0.2, 0.25) is 0 Å². The molecule has 30 heavy (non-hydrogen) atoms. The Morgan fingerprint density at radius 1 is 1.17 bits per heavy atom. The van der Waals surface area contributed by atoms with Gasteiger partial charge in [0, 0.05) is 32.4 Å². The molecule has 1 spiro atoms. The minimum atomic E-state index is -0.871. The van der Waals surface area contributed by atoms with Gasteiger partial charge in [0.1, 0.15) is 12.1 Å². The number of nitrogens with zero attached hydrogens (tertiary/aromatic N) is 3. The zero-order chi connectivity index (χ0) is 21.7. The Morgan fingerprint density at radius 3 is 2.63 bits per heavy atom. The van der Waals surface area contributed by atoms with Crippen LogP contribution < -0.4 is 10.2 Å². The van der Waals surface area contributed by atoms with Gasteiger partial charge >= 0.3 is 6.03 Å². The molecule has 162 valence electrons. The summed E-state index contributed by atoms with van der Waals surface area (Å²) < 4.78 is 0. The Balaban J connectivity index is 1.50. The average Bonchev–Trinajstić information content (AvgIpc) is 2.79. The molecule has 1 N–H and O–H groups in total. The monoisotopic (exact) mass is 412 g/mol. The van der Waals surface area contributed by atoms with Gasteiger partial charge in [-0.1, -0.05) is 39.0 Å². The highest BCUT2D eigenvalue weighted by Gasteiger charge is 2.56. The van der Waals surface area contributed by atoms with E-state index < -0.39 is 11.6 Å². The van der Waals surface area contributed by atoms with Gasteiger partial charge in [-0.3, -0.25) is 14.5 Å². The molecule has 1 aliphatic carbocycles. The van der Waals surface area contributed by atoms with Gasteiger partial charge in [-0.25, -0.2) is 4.79 Å². The molecule has 1 aromatic carbocycles. The van der Waals surface area contributed by atoms with Crippen molar-refractivity contribution < 1.29 is 14.4 Å². The number of para-hydroxylation sites is 1. The van der Waals surface area contributed by atoms with Crippen molar-refractivity contribution in [2.45, 2.75) is 52.1 Å². The summed E-state index contributed by atoms with van der Waals surface area (Å²) in [6, 6.07) is 7.59. The number of benzene rings is 1. The molecule has 3 aliphatic rings. The zero-order valence-electron chi connectivity index (χ0n) is 18.4. The lowest BCUT2D eigenvalue weighted by Gasteiger charge is -2.43. The van der Waals surface area contributed by atoms with Crippen LogP contribution in [0.1, 0.15) is 45.6 Å². The van der Waals surface area contributed by atoms with Crippen molar-refractivity contribution in [1.29, 1.82) is 0 Å². The molecule has 1 aromatic rings. The largest absolute Gasteiger partial charge is 0.373 e. The smallest absolute Gasteiger partial charge is 0.325 e. The number of fused-ring (bicyclic) bond motifs is 1. The Hall–Kier alpha value is -2.57. The lowest BCUT2D eigenvalue weighted by atomic mass is 9.64. The highest BCUT2D eigenvalue weighted by molar-refractivity contribution is 6.09. The molecule has 1 saturated heterocycles. The number of rotatable bonds is 2. The number of imide groups is 1. The average molecular weight is 413 g/mol. The van der Waals surface area contributed by atoms with E-state index in [4.69, 9.17) is 0 Å². The van der Waals surface area contributed by atoms with Gasteiger partial charge in [0.05, 0.1) is 0 Å². The molecule has 0 aromatic heterocycles. The predicted molar refractivity (Wildman–Crippen MR) is 115 cm³/mol. The summed E-state index contributed by atoms with van der Waals surface area (Å²) in [5, 5.41) is 2.96. The highest BCUT2D eigenvalue weighted by atomic mass is 16.2. The van der Waals surface area contributed by atoms with E-state index in [2.05, 4.69) is 37.1 Å². The van der Waals surface area contributed by atoms with Crippen molar-refractivity contribution in [3.63, 3.8) is 0 Å². The van der Waals surface area contributed by atoms with Crippen LogP contribution in [0.15, 0.2) is 24.3 Å². The molecular formula is C23H32N4O3. The summed E-state index contributed by atoms with van der Waals surface area (Å²) in [5.41, 5.74) is 1.28. The van der Waals surface area contributed by atoms with E-state index in [0.717, 1.165) is 22.6 Å². The van der Waals surface area contributed by atoms with Crippen LogP contribution in [0.25, 0.3) is 0 Å². The van der Waals surface area contributed by atoms with Gasteiger partial charge in [0.2, 0.25) is 5.91 Å². The first-order valence-electron chi connectivity index (χ1n) is 10.8. The van der Waals surface area contributed by atoms with Crippen molar-refractivity contribution in [1.82, 2.24) is 15.1 Å². The maximum absolute atomic E-state index is 13.3.